The largest absolute Gasteiger partial charge is 0.514 e. The number of carboxylic acid groups (broad SMARTS) is 1. The molecule has 0 aromatic heterocycles. The lowest BCUT2D eigenvalue weighted by Crippen LogP contribution is -2.40. The normalized spacial score (nSPS) is 14.6. The summed E-state index contributed by atoms with van der Waals surface area (Å²) in [7, 11) is 0. The van der Waals surface area contributed by atoms with Crippen LogP contribution in [0.2, 0.25) is 0 Å². The molecule has 1 rings (SSSR count). The van der Waals surface area contributed by atoms with Crippen molar-refractivity contribution >= 4 is 24.4 Å². The lowest BCUT2D eigenvalue weighted by molar-refractivity contribution is -0.139. The molecule has 0 aliphatic heterocycles. The van der Waals surface area contributed by atoms with Crippen LogP contribution in [0.25, 0.3) is 0 Å². The number of carboxylic acids is 1. The minimum Gasteiger partial charge on any atom is -0.480 e. The first-order valence-corrected chi connectivity index (χ1v) is 13.6. The molecule has 0 heterocycles. The predicted octanol–water partition coefficient (Wildman–Crippen LogP) is 5.79. The molecule has 3 N–H and O–H groups in total. The molecule has 1 aromatic rings. The van der Waals surface area contributed by atoms with Crippen LogP contribution >= 0.6 is 0 Å². The number of benzene rings is 1. The molecule has 226 valence electrons. The first kappa shape index (κ1) is 34.5. The predicted molar refractivity (Wildman–Crippen MR) is 145 cm³/mol. The number of carbonyl (C=O) groups is 4. The Kier molecular flexibility index (Phi) is 15.5. The van der Waals surface area contributed by atoms with E-state index in [4.69, 9.17) is 34.2 Å². The fourth-order valence-electron chi connectivity index (χ4n) is 3.96. The van der Waals surface area contributed by atoms with Crippen molar-refractivity contribution in [1.29, 1.82) is 0 Å². The van der Waals surface area contributed by atoms with Crippen LogP contribution in [0.5, 0.6) is 11.5 Å². The lowest BCUT2D eigenvalue weighted by Gasteiger charge is -2.28. The molecule has 5 atom stereocenters. The van der Waals surface area contributed by atoms with Crippen LogP contribution in [0, 0.1) is 5.92 Å². The Labute approximate surface area is 235 Å². The Hall–Kier alpha value is -3.54. The Balaban J connectivity index is 3.33. The van der Waals surface area contributed by atoms with Crippen molar-refractivity contribution in [2.45, 2.75) is 97.8 Å². The van der Waals surface area contributed by atoms with Gasteiger partial charge in [-0.1, -0.05) is 46.6 Å². The molecule has 0 saturated heterocycles. The van der Waals surface area contributed by atoms with E-state index in [2.05, 4.69) is 0 Å². The highest BCUT2D eigenvalue weighted by molar-refractivity contribution is 5.75. The highest BCUT2D eigenvalue weighted by Crippen LogP contribution is 2.36. The summed E-state index contributed by atoms with van der Waals surface area (Å²) in [5.41, 5.74) is 6.35. The van der Waals surface area contributed by atoms with E-state index in [-0.39, 0.29) is 24.7 Å². The second-order valence-electron chi connectivity index (χ2n) is 9.62. The first-order chi connectivity index (χ1) is 18.9. The zero-order valence-corrected chi connectivity index (χ0v) is 24.2. The van der Waals surface area contributed by atoms with Crippen molar-refractivity contribution in [2.24, 2.45) is 11.7 Å². The van der Waals surface area contributed by atoms with Gasteiger partial charge in [0.1, 0.15) is 18.2 Å². The van der Waals surface area contributed by atoms with Gasteiger partial charge in [-0.25, -0.2) is 14.4 Å². The van der Waals surface area contributed by atoms with E-state index in [1.54, 1.807) is 20.8 Å². The first-order valence-electron chi connectivity index (χ1n) is 13.6. The number of nitrogens with two attached hydrogens (primary N) is 1. The molecule has 0 radical (unpaired) electrons. The average Bonchev–Trinajstić information content (AvgIpc) is 2.87. The van der Waals surface area contributed by atoms with Crippen LogP contribution in [-0.2, 0) is 23.7 Å². The summed E-state index contributed by atoms with van der Waals surface area (Å²) < 4.78 is 31.2. The number of carbonyl (C=O) groups excluding carboxylic acids is 3. The fraction of sp³-hybridized carbons (Fsp3) is 0.643. The molecule has 0 spiro atoms. The van der Waals surface area contributed by atoms with Crippen molar-refractivity contribution in [1.82, 2.24) is 0 Å². The molecular formula is C28H43NO11. The summed E-state index contributed by atoms with van der Waals surface area (Å²) >= 11 is 0. The van der Waals surface area contributed by atoms with Crippen LogP contribution in [0.3, 0.4) is 0 Å². The van der Waals surface area contributed by atoms with Gasteiger partial charge < -0.3 is 39.3 Å². The van der Waals surface area contributed by atoms with Gasteiger partial charge in [0.2, 0.25) is 0 Å². The van der Waals surface area contributed by atoms with E-state index in [1.165, 1.54) is 18.2 Å². The van der Waals surface area contributed by atoms with E-state index >= 15 is 0 Å². The van der Waals surface area contributed by atoms with Crippen LogP contribution in [0.15, 0.2) is 18.2 Å². The molecule has 1 aromatic carbocycles. The van der Waals surface area contributed by atoms with Crippen molar-refractivity contribution < 1.29 is 52.7 Å². The monoisotopic (exact) mass is 569 g/mol. The average molecular weight is 570 g/mol. The summed E-state index contributed by atoms with van der Waals surface area (Å²) in [5.74, 6) is -3.15. The third-order valence-corrected chi connectivity index (χ3v) is 5.90. The van der Waals surface area contributed by atoms with Crippen molar-refractivity contribution in [3.8, 4) is 11.5 Å². The van der Waals surface area contributed by atoms with E-state index in [0.29, 0.717) is 24.8 Å². The molecule has 0 aliphatic rings. The van der Waals surface area contributed by atoms with Crippen LogP contribution in [-0.4, -0.2) is 61.0 Å². The second kappa shape index (κ2) is 17.9. The minimum atomic E-state index is -1.42. The zero-order valence-electron chi connectivity index (χ0n) is 24.2. The van der Waals surface area contributed by atoms with Gasteiger partial charge in [0.15, 0.2) is 11.5 Å². The third-order valence-electron chi connectivity index (χ3n) is 5.90. The SMILES string of the molecule is CCCOC(=O)OCC(C)C(c1ccc(OC(=O)OC(C)CCC)c(OC(=O)OC(C)CCC)c1)[C@H](N)C(=O)O. The minimum absolute atomic E-state index is 0.146. The Morgan fingerprint density at radius 2 is 1.35 bits per heavy atom. The maximum absolute atomic E-state index is 12.5. The summed E-state index contributed by atoms with van der Waals surface area (Å²) in [6, 6.07) is 2.74. The molecule has 0 amide bonds. The van der Waals surface area contributed by atoms with Gasteiger partial charge >= 0.3 is 24.4 Å². The van der Waals surface area contributed by atoms with Gasteiger partial charge in [0.05, 0.1) is 13.2 Å². The van der Waals surface area contributed by atoms with E-state index in [0.717, 1.165) is 12.8 Å². The van der Waals surface area contributed by atoms with Gasteiger partial charge in [-0.2, -0.15) is 0 Å². The summed E-state index contributed by atoms with van der Waals surface area (Å²) in [6.45, 7) is 10.8. The van der Waals surface area contributed by atoms with Crippen LogP contribution in [0.4, 0.5) is 14.4 Å². The van der Waals surface area contributed by atoms with Crippen LogP contribution in [0.1, 0.15) is 85.1 Å². The molecule has 12 nitrogen and oxygen atoms in total. The highest BCUT2D eigenvalue weighted by Gasteiger charge is 2.33. The number of hydrogen-bond donors (Lipinski definition) is 2. The molecule has 40 heavy (non-hydrogen) atoms. The quantitative estimate of drug-likeness (QED) is 0.140. The van der Waals surface area contributed by atoms with Gasteiger partial charge in [-0.15, -0.1) is 0 Å². The standard InChI is InChI=1S/C28H43NO11/c1-7-10-18(5)37-27(33)39-21-13-12-20(15-22(21)40-28(34)38-19(6)11-8-2)23(24(29)25(30)31)17(4)16-36-26(32)35-14-9-3/h12-13,15,17-19,23-24H,7-11,14,16,29H2,1-6H3,(H,30,31)/t17?,18?,19?,23?,24-/m0/s1. The zero-order chi connectivity index (χ0) is 30.2. The number of aliphatic carboxylic acids is 1. The summed E-state index contributed by atoms with van der Waals surface area (Å²) in [6.07, 6.45) is -0.339. The lowest BCUT2D eigenvalue weighted by atomic mass is 9.82. The molecule has 4 unspecified atom stereocenters. The van der Waals surface area contributed by atoms with E-state index < -0.39 is 54.5 Å². The van der Waals surface area contributed by atoms with E-state index in [9.17, 15) is 24.3 Å². The van der Waals surface area contributed by atoms with Gasteiger partial charge in [-0.3, -0.25) is 4.79 Å². The van der Waals surface area contributed by atoms with Gasteiger partial charge in [0.25, 0.3) is 0 Å². The Bertz CT molecular complexity index is 968. The van der Waals surface area contributed by atoms with Crippen molar-refractivity contribution in [2.75, 3.05) is 13.2 Å². The smallest absolute Gasteiger partial charge is 0.480 e. The number of hydrogen-bond acceptors (Lipinski definition) is 11. The second-order valence-corrected chi connectivity index (χ2v) is 9.62. The fourth-order valence-corrected chi connectivity index (χ4v) is 3.96. The maximum atomic E-state index is 12.5. The molecule has 12 heteroatoms. The molecule has 0 fully saturated rings. The van der Waals surface area contributed by atoms with Gasteiger partial charge in [0, 0.05) is 5.92 Å². The van der Waals surface area contributed by atoms with Crippen molar-refractivity contribution in [3.05, 3.63) is 23.8 Å². The molecule has 0 saturated carbocycles. The molecule has 0 aliphatic carbocycles. The molecule has 0 bridgehead atoms. The molecular weight excluding hydrogens is 526 g/mol. The summed E-state index contributed by atoms with van der Waals surface area (Å²) in [5, 5.41) is 9.67. The maximum Gasteiger partial charge on any atom is 0.514 e. The Morgan fingerprint density at radius 3 is 1.85 bits per heavy atom. The van der Waals surface area contributed by atoms with E-state index in [1.807, 2.05) is 20.8 Å². The van der Waals surface area contributed by atoms with Crippen LogP contribution < -0.4 is 15.2 Å². The van der Waals surface area contributed by atoms with Crippen molar-refractivity contribution in [3.63, 3.8) is 0 Å². The number of ether oxygens (including phenoxy) is 6. The highest BCUT2D eigenvalue weighted by atomic mass is 16.8. The third kappa shape index (κ3) is 12.1. The Morgan fingerprint density at radius 1 is 0.800 bits per heavy atom. The van der Waals surface area contributed by atoms with Gasteiger partial charge in [-0.05, 0) is 56.7 Å². The summed E-state index contributed by atoms with van der Waals surface area (Å²) in [4.78, 5) is 48.6. The number of rotatable bonds is 16. The topological polar surface area (TPSA) is 170 Å².